The first-order chi connectivity index (χ1) is 9.74. The van der Waals surface area contributed by atoms with Gasteiger partial charge in [-0.15, -0.1) is 0 Å². The minimum atomic E-state index is 0.606. The Bertz CT molecular complexity index is 736. The largest absolute Gasteiger partial charge is 0.397 e. The predicted octanol–water partition coefficient (Wildman–Crippen LogP) is 3.58. The van der Waals surface area contributed by atoms with Gasteiger partial charge in [-0.3, -0.25) is 4.98 Å². The fraction of sp³-hybridized carbons (Fsp3) is 0. The van der Waals surface area contributed by atoms with Crippen molar-refractivity contribution in [2.45, 2.75) is 0 Å². The lowest BCUT2D eigenvalue weighted by Gasteiger charge is -2.07. The van der Waals surface area contributed by atoms with Crippen molar-refractivity contribution >= 4 is 11.4 Å². The molecule has 2 aromatic carbocycles. The van der Waals surface area contributed by atoms with Crippen LogP contribution in [0.1, 0.15) is 0 Å². The van der Waals surface area contributed by atoms with E-state index in [4.69, 9.17) is 11.5 Å². The Balaban J connectivity index is 2.05. The quantitative estimate of drug-likeness (QED) is 0.693. The van der Waals surface area contributed by atoms with Gasteiger partial charge in [0.2, 0.25) is 0 Å². The van der Waals surface area contributed by atoms with Crippen molar-refractivity contribution in [1.82, 2.24) is 4.98 Å². The third kappa shape index (κ3) is 2.34. The lowest BCUT2D eigenvalue weighted by atomic mass is 9.99. The smallest absolute Gasteiger partial charge is 0.0554 e. The van der Waals surface area contributed by atoms with Gasteiger partial charge in [-0.25, -0.2) is 0 Å². The number of benzene rings is 2. The molecule has 0 spiro atoms. The zero-order valence-electron chi connectivity index (χ0n) is 11.0. The summed E-state index contributed by atoms with van der Waals surface area (Å²) < 4.78 is 0. The van der Waals surface area contributed by atoms with Crippen LogP contribution in [0.25, 0.3) is 22.3 Å². The zero-order valence-corrected chi connectivity index (χ0v) is 11.0. The van der Waals surface area contributed by atoms with Crippen molar-refractivity contribution in [2.24, 2.45) is 0 Å². The summed E-state index contributed by atoms with van der Waals surface area (Å²) >= 11 is 0. The van der Waals surface area contributed by atoms with E-state index in [1.54, 1.807) is 6.20 Å². The molecule has 0 atom stereocenters. The Hall–Kier alpha value is -2.81. The maximum Gasteiger partial charge on any atom is 0.0554 e. The summed E-state index contributed by atoms with van der Waals surface area (Å²) in [6.45, 7) is 0. The fourth-order valence-corrected chi connectivity index (χ4v) is 2.17. The molecule has 0 aliphatic rings. The van der Waals surface area contributed by atoms with E-state index in [0.717, 1.165) is 22.3 Å². The summed E-state index contributed by atoms with van der Waals surface area (Å²) in [4.78, 5) is 4.15. The molecule has 1 aromatic heterocycles. The van der Waals surface area contributed by atoms with Crippen LogP contribution in [-0.4, -0.2) is 4.98 Å². The molecule has 0 aliphatic carbocycles. The van der Waals surface area contributed by atoms with Crippen LogP contribution >= 0.6 is 0 Å². The monoisotopic (exact) mass is 261 g/mol. The SMILES string of the molecule is Nc1ccc(-c2cccc(-c3cccnc3)c2)cc1N. The van der Waals surface area contributed by atoms with Crippen LogP contribution in [0.4, 0.5) is 11.4 Å². The van der Waals surface area contributed by atoms with Crippen molar-refractivity contribution < 1.29 is 0 Å². The number of nitrogens with two attached hydrogens (primary N) is 2. The first kappa shape index (κ1) is 12.2. The molecule has 3 nitrogen and oxygen atoms in total. The Morgan fingerprint density at radius 2 is 1.35 bits per heavy atom. The molecular weight excluding hydrogens is 246 g/mol. The molecule has 3 rings (SSSR count). The minimum Gasteiger partial charge on any atom is -0.397 e. The van der Waals surface area contributed by atoms with Crippen LogP contribution in [0.5, 0.6) is 0 Å². The summed E-state index contributed by atoms with van der Waals surface area (Å²) in [7, 11) is 0. The average molecular weight is 261 g/mol. The Morgan fingerprint density at radius 3 is 2.05 bits per heavy atom. The van der Waals surface area contributed by atoms with E-state index in [-0.39, 0.29) is 0 Å². The standard InChI is InChI=1S/C17H15N3/c18-16-7-6-14(10-17(16)19)12-3-1-4-13(9-12)15-5-2-8-20-11-15/h1-11H,18-19H2. The number of nitrogen functional groups attached to an aromatic ring is 2. The summed E-state index contributed by atoms with van der Waals surface area (Å²) in [5.74, 6) is 0. The van der Waals surface area contributed by atoms with Gasteiger partial charge in [-0.1, -0.05) is 30.3 Å². The van der Waals surface area contributed by atoms with Crippen molar-refractivity contribution in [3.63, 3.8) is 0 Å². The van der Waals surface area contributed by atoms with E-state index in [0.29, 0.717) is 11.4 Å². The van der Waals surface area contributed by atoms with Crippen LogP contribution in [0.15, 0.2) is 67.0 Å². The lowest BCUT2D eigenvalue weighted by Crippen LogP contribution is -1.94. The normalized spacial score (nSPS) is 10.4. The van der Waals surface area contributed by atoms with Gasteiger partial charge in [-0.2, -0.15) is 0 Å². The number of rotatable bonds is 2. The van der Waals surface area contributed by atoms with Crippen molar-refractivity contribution in [3.05, 3.63) is 67.0 Å². The fourth-order valence-electron chi connectivity index (χ4n) is 2.17. The third-order valence-corrected chi connectivity index (χ3v) is 3.28. The maximum atomic E-state index is 5.87. The molecule has 0 radical (unpaired) electrons. The molecule has 98 valence electrons. The number of pyridine rings is 1. The van der Waals surface area contributed by atoms with Gasteiger partial charge in [0.1, 0.15) is 0 Å². The van der Waals surface area contributed by atoms with E-state index in [9.17, 15) is 0 Å². The maximum absolute atomic E-state index is 5.87. The number of anilines is 2. The molecule has 0 aliphatic heterocycles. The summed E-state index contributed by atoms with van der Waals surface area (Å²) in [6, 6.07) is 18.0. The van der Waals surface area contributed by atoms with Gasteiger partial charge in [0, 0.05) is 18.0 Å². The van der Waals surface area contributed by atoms with Gasteiger partial charge in [0.05, 0.1) is 11.4 Å². The molecule has 4 N–H and O–H groups in total. The van der Waals surface area contributed by atoms with Gasteiger partial charge in [-0.05, 0) is 41.0 Å². The third-order valence-electron chi connectivity index (χ3n) is 3.28. The second-order valence-electron chi connectivity index (χ2n) is 4.67. The van der Waals surface area contributed by atoms with Crippen LogP contribution in [-0.2, 0) is 0 Å². The van der Waals surface area contributed by atoms with Gasteiger partial charge in [0.15, 0.2) is 0 Å². The van der Waals surface area contributed by atoms with E-state index in [2.05, 4.69) is 23.2 Å². The molecule has 20 heavy (non-hydrogen) atoms. The summed E-state index contributed by atoms with van der Waals surface area (Å²) in [5.41, 5.74) is 17.2. The highest BCUT2D eigenvalue weighted by Gasteiger charge is 2.03. The Labute approximate surface area is 117 Å². The number of nitrogens with zero attached hydrogens (tertiary/aromatic N) is 1. The van der Waals surface area contributed by atoms with Crippen molar-refractivity contribution in [2.75, 3.05) is 11.5 Å². The molecular formula is C17H15N3. The molecule has 3 aromatic rings. The first-order valence-corrected chi connectivity index (χ1v) is 6.40. The molecule has 0 unspecified atom stereocenters. The van der Waals surface area contributed by atoms with Crippen LogP contribution in [0.2, 0.25) is 0 Å². The number of hydrogen-bond acceptors (Lipinski definition) is 3. The van der Waals surface area contributed by atoms with E-state index >= 15 is 0 Å². The predicted molar refractivity (Wildman–Crippen MR) is 83.9 cm³/mol. The Kier molecular flexibility index (Phi) is 3.09. The highest BCUT2D eigenvalue weighted by Crippen LogP contribution is 2.28. The number of aromatic nitrogens is 1. The highest BCUT2D eigenvalue weighted by atomic mass is 14.7. The molecule has 0 saturated heterocycles. The summed E-state index contributed by atoms with van der Waals surface area (Å²) in [5, 5.41) is 0. The molecule has 0 bridgehead atoms. The minimum absolute atomic E-state index is 0.606. The van der Waals surface area contributed by atoms with Crippen molar-refractivity contribution in [1.29, 1.82) is 0 Å². The molecule has 3 heteroatoms. The zero-order chi connectivity index (χ0) is 13.9. The molecule has 0 amide bonds. The average Bonchev–Trinajstić information content (AvgIpc) is 2.51. The molecule has 0 saturated carbocycles. The highest BCUT2D eigenvalue weighted by molar-refractivity contribution is 5.77. The topological polar surface area (TPSA) is 64.9 Å². The van der Waals surface area contributed by atoms with Crippen LogP contribution < -0.4 is 11.5 Å². The van der Waals surface area contributed by atoms with E-state index in [1.165, 1.54) is 0 Å². The number of hydrogen-bond donors (Lipinski definition) is 2. The Morgan fingerprint density at radius 1 is 0.650 bits per heavy atom. The lowest BCUT2D eigenvalue weighted by molar-refractivity contribution is 1.33. The molecule has 0 fully saturated rings. The van der Waals surface area contributed by atoms with Crippen LogP contribution in [0.3, 0.4) is 0 Å². The van der Waals surface area contributed by atoms with Crippen molar-refractivity contribution in [3.8, 4) is 22.3 Å². The van der Waals surface area contributed by atoms with Gasteiger partial charge in [0.25, 0.3) is 0 Å². The van der Waals surface area contributed by atoms with E-state index < -0.39 is 0 Å². The summed E-state index contributed by atoms with van der Waals surface area (Å²) in [6.07, 6.45) is 3.63. The molecule has 1 heterocycles. The second kappa shape index (κ2) is 5.05. The van der Waals surface area contributed by atoms with Crippen LogP contribution in [0, 0.1) is 0 Å². The van der Waals surface area contributed by atoms with Gasteiger partial charge < -0.3 is 11.5 Å². The first-order valence-electron chi connectivity index (χ1n) is 6.40. The second-order valence-corrected chi connectivity index (χ2v) is 4.67. The van der Waals surface area contributed by atoms with E-state index in [1.807, 2.05) is 42.6 Å². The van der Waals surface area contributed by atoms with Gasteiger partial charge >= 0.3 is 0 Å².